The van der Waals surface area contributed by atoms with Crippen LogP contribution in [0.2, 0.25) is 0 Å². The van der Waals surface area contributed by atoms with Crippen molar-refractivity contribution in [2.45, 2.75) is 26.9 Å². The van der Waals surface area contributed by atoms with E-state index in [1.165, 1.54) is 16.8 Å². The number of aromatic nitrogens is 5. The zero-order chi connectivity index (χ0) is 21.9. The number of para-hydroxylation sites is 1. The van der Waals surface area contributed by atoms with Crippen molar-refractivity contribution in [2.24, 2.45) is 0 Å². The van der Waals surface area contributed by atoms with E-state index in [1.807, 2.05) is 48.0 Å². The smallest absolute Gasteiger partial charge is 0.163 e. The summed E-state index contributed by atoms with van der Waals surface area (Å²) >= 11 is 0. The molecule has 5 rings (SSSR count). The zero-order valence-electron chi connectivity index (χ0n) is 18.2. The highest BCUT2D eigenvalue weighted by Crippen LogP contribution is 2.25. The average molecular weight is 421 g/mol. The molecule has 2 aromatic carbocycles. The van der Waals surface area contributed by atoms with Gasteiger partial charge in [0.1, 0.15) is 5.82 Å². The minimum Gasteiger partial charge on any atom is -0.365 e. The van der Waals surface area contributed by atoms with E-state index in [4.69, 9.17) is 9.97 Å². The maximum absolute atomic E-state index is 4.81. The Morgan fingerprint density at radius 3 is 2.56 bits per heavy atom. The first kappa shape index (κ1) is 19.9. The second kappa shape index (κ2) is 8.59. The summed E-state index contributed by atoms with van der Waals surface area (Å²) in [4.78, 5) is 13.8. The lowest BCUT2D eigenvalue weighted by Gasteiger charge is -2.12. The van der Waals surface area contributed by atoms with E-state index in [0.29, 0.717) is 12.4 Å². The molecule has 1 N–H and O–H groups in total. The second-order valence-corrected chi connectivity index (χ2v) is 7.91. The minimum absolute atomic E-state index is 0.664. The van der Waals surface area contributed by atoms with E-state index in [-0.39, 0.29) is 0 Å². The number of benzene rings is 2. The van der Waals surface area contributed by atoms with Crippen molar-refractivity contribution in [1.29, 1.82) is 0 Å². The predicted molar refractivity (Wildman–Crippen MR) is 127 cm³/mol. The van der Waals surface area contributed by atoms with Crippen molar-refractivity contribution < 1.29 is 0 Å². The number of nitrogens with one attached hydrogen (secondary N) is 1. The lowest BCUT2D eigenvalue weighted by molar-refractivity contribution is 0.658. The van der Waals surface area contributed by atoms with Gasteiger partial charge >= 0.3 is 0 Å². The molecular formula is C26H24N6. The van der Waals surface area contributed by atoms with Gasteiger partial charge in [-0.15, -0.1) is 0 Å². The molecule has 0 aliphatic heterocycles. The van der Waals surface area contributed by atoms with Gasteiger partial charge in [-0.05, 0) is 55.3 Å². The second-order valence-electron chi connectivity index (χ2n) is 7.91. The SMILES string of the molecule is Cc1cc(C)n(Cc2cccc(CNc3nc(-c4cccnc4)nc4ccccc34)c2)n1. The molecule has 0 fully saturated rings. The minimum atomic E-state index is 0.664. The van der Waals surface area contributed by atoms with Crippen molar-refractivity contribution in [1.82, 2.24) is 24.7 Å². The Morgan fingerprint density at radius 1 is 0.875 bits per heavy atom. The van der Waals surface area contributed by atoms with Gasteiger partial charge in [0.25, 0.3) is 0 Å². The molecule has 6 nitrogen and oxygen atoms in total. The summed E-state index contributed by atoms with van der Waals surface area (Å²) in [5, 5.41) is 9.11. The summed E-state index contributed by atoms with van der Waals surface area (Å²) in [6.45, 7) is 5.54. The van der Waals surface area contributed by atoms with E-state index < -0.39 is 0 Å². The van der Waals surface area contributed by atoms with Crippen LogP contribution >= 0.6 is 0 Å². The fraction of sp³-hybridized carbons (Fsp3) is 0.154. The van der Waals surface area contributed by atoms with Gasteiger partial charge in [-0.2, -0.15) is 5.10 Å². The van der Waals surface area contributed by atoms with Crippen LogP contribution in [0.15, 0.2) is 79.1 Å². The summed E-state index contributed by atoms with van der Waals surface area (Å²) in [6.07, 6.45) is 3.54. The molecule has 0 amide bonds. The summed E-state index contributed by atoms with van der Waals surface area (Å²) in [7, 11) is 0. The van der Waals surface area contributed by atoms with Crippen molar-refractivity contribution in [3.8, 4) is 11.4 Å². The van der Waals surface area contributed by atoms with Gasteiger partial charge < -0.3 is 5.32 Å². The lowest BCUT2D eigenvalue weighted by atomic mass is 10.1. The van der Waals surface area contributed by atoms with Gasteiger partial charge in [-0.25, -0.2) is 9.97 Å². The van der Waals surface area contributed by atoms with Gasteiger partial charge in [0, 0.05) is 35.6 Å². The van der Waals surface area contributed by atoms with Gasteiger partial charge in [0.15, 0.2) is 5.82 Å². The highest BCUT2D eigenvalue weighted by molar-refractivity contribution is 5.90. The molecule has 32 heavy (non-hydrogen) atoms. The van der Waals surface area contributed by atoms with Crippen LogP contribution in [0.5, 0.6) is 0 Å². The first-order valence-corrected chi connectivity index (χ1v) is 10.7. The molecule has 0 saturated heterocycles. The van der Waals surface area contributed by atoms with Crippen LogP contribution in [0.3, 0.4) is 0 Å². The number of anilines is 1. The average Bonchev–Trinajstić information content (AvgIpc) is 3.14. The summed E-state index contributed by atoms with van der Waals surface area (Å²) in [5.74, 6) is 1.48. The number of aryl methyl sites for hydroxylation is 2. The molecule has 0 atom stereocenters. The molecule has 0 saturated carbocycles. The first-order valence-electron chi connectivity index (χ1n) is 10.7. The van der Waals surface area contributed by atoms with Crippen LogP contribution in [0.4, 0.5) is 5.82 Å². The third-order valence-electron chi connectivity index (χ3n) is 5.41. The monoisotopic (exact) mass is 420 g/mol. The first-order chi connectivity index (χ1) is 15.7. The molecule has 6 heteroatoms. The number of hydrogen-bond donors (Lipinski definition) is 1. The maximum atomic E-state index is 4.81. The highest BCUT2D eigenvalue weighted by atomic mass is 15.3. The van der Waals surface area contributed by atoms with Crippen molar-refractivity contribution in [2.75, 3.05) is 5.32 Å². The molecule has 0 unspecified atom stereocenters. The maximum Gasteiger partial charge on any atom is 0.163 e. The van der Waals surface area contributed by atoms with E-state index in [1.54, 1.807) is 12.4 Å². The Kier molecular flexibility index (Phi) is 5.34. The van der Waals surface area contributed by atoms with Crippen LogP contribution in [0, 0.1) is 13.8 Å². The van der Waals surface area contributed by atoms with Gasteiger partial charge in [0.2, 0.25) is 0 Å². The normalized spacial score (nSPS) is 11.1. The summed E-state index contributed by atoms with van der Waals surface area (Å²) in [5.41, 5.74) is 6.42. The number of pyridine rings is 1. The predicted octanol–water partition coefficient (Wildman–Crippen LogP) is 5.17. The standard InChI is InChI=1S/C26H24N6/c1-18-13-19(2)32(31-18)17-21-8-5-7-20(14-21)15-28-26-23-10-3-4-11-24(23)29-25(30-26)22-9-6-12-27-16-22/h3-14,16H,15,17H2,1-2H3,(H,28,29,30). The van der Waals surface area contributed by atoms with Crippen molar-refractivity contribution >= 4 is 16.7 Å². The molecule has 0 aliphatic carbocycles. The molecular weight excluding hydrogens is 396 g/mol. The third-order valence-corrected chi connectivity index (χ3v) is 5.41. The van der Waals surface area contributed by atoms with E-state index in [0.717, 1.165) is 34.5 Å². The van der Waals surface area contributed by atoms with Crippen molar-refractivity contribution in [3.05, 3.63) is 102 Å². The van der Waals surface area contributed by atoms with E-state index >= 15 is 0 Å². The Morgan fingerprint density at radius 2 is 1.75 bits per heavy atom. The number of rotatable bonds is 6. The Balaban J connectivity index is 1.41. The quantitative estimate of drug-likeness (QED) is 0.411. The highest BCUT2D eigenvalue weighted by Gasteiger charge is 2.10. The van der Waals surface area contributed by atoms with E-state index in [9.17, 15) is 0 Å². The topological polar surface area (TPSA) is 68.5 Å². The van der Waals surface area contributed by atoms with Crippen LogP contribution in [-0.4, -0.2) is 24.7 Å². The zero-order valence-corrected chi connectivity index (χ0v) is 18.2. The molecule has 5 aromatic rings. The molecule has 0 radical (unpaired) electrons. The fourth-order valence-corrected chi connectivity index (χ4v) is 3.87. The Hall–Kier alpha value is -4.06. The number of fused-ring (bicyclic) bond motifs is 1. The summed E-state index contributed by atoms with van der Waals surface area (Å²) in [6, 6.07) is 22.6. The molecule has 3 aromatic heterocycles. The molecule has 3 heterocycles. The van der Waals surface area contributed by atoms with Gasteiger partial charge in [0.05, 0.1) is 17.8 Å². The Bertz CT molecular complexity index is 1370. The molecule has 0 bridgehead atoms. The molecule has 0 aliphatic rings. The largest absolute Gasteiger partial charge is 0.365 e. The molecule has 158 valence electrons. The van der Waals surface area contributed by atoms with Crippen molar-refractivity contribution in [3.63, 3.8) is 0 Å². The third kappa shape index (κ3) is 4.21. The van der Waals surface area contributed by atoms with E-state index in [2.05, 4.69) is 52.7 Å². The lowest BCUT2D eigenvalue weighted by Crippen LogP contribution is -2.07. The molecule has 0 spiro atoms. The van der Waals surface area contributed by atoms with Gasteiger partial charge in [-0.1, -0.05) is 36.4 Å². The fourth-order valence-electron chi connectivity index (χ4n) is 3.87. The van der Waals surface area contributed by atoms with Gasteiger partial charge in [-0.3, -0.25) is 9.67 Å². The number of nitrogens with zero attached hydrogens (tertiary/aromatic N) is 5. The number of hydrogen-bond acceptors (Lipinski definition) is 5. The van der Waals surface area contributed by atoms with Crippen LogP contribution in [0.25, 0.3) is 22.3 Å². The Labute approximate surface area is 187 Å². The van der Waals surface area contributed by atoms with Crippen LogP contribution < -0.4 is 5.32 Å². The van der Waals surface area contributed by atoms with Crippen LogP contribution in [0.1, 0.15) is 22.5 Å². The summed E-state index contributed by atoms with van der Waals surface area (Å²) < 4.78 is 2.04. The van der Waals surface area contributed by atoms with Crippen LogP contribution in [-0.2, 0) is 13.1 Å².